The first-order valence-corrected chi connectivity index (χ1v) is 5.43. The lowest BCUT2D eigenvalue weighted by Crippen LogP contribution is -2.22. The van der Waals surface area contributed by atoms with E-state index in [4.69, 9.17) is 5.11 Å². The van der Waals surface area contributed by atoms with Crippen molar-refractivity contribution in [1.29, 1.82) is 0 Å². The van der Waals surface area contributed by atoms with E-state index >= 15 is 0 Å². The minimum Gasteiger partial charge on any atom is -0.480 e. The number of rotatable bonds is 4. The van der Waals surface area contributed by atoms with E-state index in [0.29, 0.717) is 0 Å². The molecule has 0 radical (unpaired) electrons. The lowest BCUT2D eigenvalue weighted by Gasteiger charge is -2.15. The molecule has 0 amide bonds. The van der Waals surface area contributed by atoms with Crippen LogP contribution in [0.4, 0.5) is 0 Å². The molecule has 76 valence electrons. The average Bonchev–Trinajstić information content (AvgIpc) is 2.15. The van der Waals surface area contributed by atoms with Crippen molar-refractivity contribution in [3.05, 3.63) is 30.3 Å². The Hall–Kier alpha value is -0.960. The third-order valence-electron chi connectivity index (χ3n) is 1.86. The monoisotopic (exact) mass is 210 g/mol. The fraction of sp³-hybridized carbons (Fsp3) is 0.364. The molecule has 0 bridgehead atoms. The highest BCUT2D eigenvalue weighted by Crippen LogP contribution is 2.27. The van der Waals surface area contributed by atoms with Crippen molar-refractivity contribution in [1.82, 2.24) is 0 Å². The van der Waals surface area contributed by atoms with Crippen LogP contribution in [-0.4, -0.2) is 16.3 Å². The molecule has 1 N–H and O–H groups in total. The minimum atomic E-state index is -0.742. The predicted molar refractivity (Wildman–Crippen MR) is 58.6 cm³/mol. The molecule has 14 heavy (non-hydrogen) atoms. The number of carboxylic acids is 1. The van der Waals surface area contributed by atoms with Crippen molar-refractivity contribution in [2.24, 2.45) is 5.92 Å². The predicted octanol–water partition coefficient (Wildman–Crippen LogP) is 2.89. The van der Waals surface area contributed by atoms with Gasteiger partial charge in [-0.05, 0) is 18.1 Å². The largest absolute Gasteiger partial charge is 0.480 e. The summed E-state index contributed by atoms with van der Waals surface area (Å²) in [6, 6.07) is 9.63. The highest BCUT2D eigenvalue weighted by Gasteiger charge is 2.22. The van der Waals surface area contributed by atoms with Crippen LogP contribution in [0.25, 0.3) is 0 Å². The molecule has 1 atom stereocenters. The molecule has 0 spiro atoms. The van der Waals surface area contributed by atoms with Gasteiger partial charge in [-0.3, -0.25) is 4.79 Å². The molecule has 1 aromatic carbocycles. The summed E-state index contributed by atoms with van der Waals surface area (Å²) < 4.78 is 0. The molecule has 0 fully saturated rings. The lowest BCUT2D eigenvalue weighted by atomic mass is 10.1. The number of benzene rings is 1. The van der Waals surface area contributed by atoms with Gasteiger partial charge in [-0.1, -0.05) is 32.0 Å². The summed E-state index contributed by atoms with van der Waals surface area (Å²) in [5.74, 6) is -0.605. The number of carbonyl (C=O) groups is 1. The molecule has 1 rings (SSSR count). The van der Waals surface area contributed by atoms with E-state index in [9.17, 15) is 4.79 Å². The van der Waals surface area contributed by atoms with Crippen LogP contribution in [0.15, 0.2) is 35.2 Å². The van der Waals surface area contributed by atoms with Crippen LogP contribution in [0.2, 0.25) is 0 Å². The van der Waals surface area contributed by atoms with Crippen LogP contribution < -0.4 is 0 Å². The summed E-state index contributed by atoms with van der Waals surface area (Å²) in [5, 5.41) is 8.62. The summed E-state index contributed by atoms with van der Waals surface area (Å²) in [5.41, 5.74) is 0. The summed E-state index contributed by atoms with van der Waals surface area (Å²) in [4.78, 5) is 11.9. The number of aliphatic carboxylic acids is 1. The number of hydrogen-bond acceptors (Lipinski definition) is 2. The molecule has 3 heteroatoms. The molecule has 0 aromatic heterocycles. The van der Waals surface area contributed by atoms with E-state index < -0.39 is 5.97 Å². The van der Waals surface area contributed by atoms with Crippen molar-refractivity contribution in [3.63, 3.8) is 0 Å². The molecule has 0 aliphatic heterocycles. The van der Waals surface area contributed by atoms with E-state index in [1.165, 1.54) is 11.8 Å². The summed E-state index contributed by atoms with van der Waals surface area (Å²) in [6.07, 6.45) is 0. The van der Waals surface area contributed by atoms with Gasteiger partial charge in [0.15, 0.2) is 0 Å². The van der Waals surface area contributed by atoms with E-state index in [-0.39, 0.29) is 11.2 Å². The van der Waals surface area contributed by atoms with Gasteiger partial charge in [0.05, 0.1) is 0 Å². The van der Waals surface area contributed by atoms with Crippen LogP contribution >= 0.6 is 11.8 Å². The maximum atomic E-state index is 10.9. The van der Waals surface area contributed by atoms with Crippen LogP contribution in [-0.2, 0) is 4.79 Å². The van der Waals surface area contributed by atoms with Crippen molar-refractivity contribution in [2.75, 3.05) is 0 Å². The molecule has 2 nitrogen and oxygen atoms in total. The maximum Gasteiger partial charge on any atom is 0.317 e. The zero-order valence-corrected chi connectivity index (χ0v) is 9.12. The molecule has 0 heterocycles. The Balaban J connectivity index is 2.70. The normalized spacial score (nSPS) is 12.8. The molecule has 1 aromatic rings. The standard InChI is InChI=1S/C11H14O2S/c1-8(2)10(11(12)13)14-9-6-4-3-5-7-9/h3-8,10H,1-2H3,(H,12,13)/t10-/m0/s1. The highest BCUT2D eigenvalue weighted by molar-refractivity contribution is 8.00. The van der Waals surface area contributed by atoms with Gasteiger partial charge < -0.3 is 5.11 Å². The SMILES string of the molecule is CC(C)[C@H](Sc1ccccc1)C(=O)O. The number of carboxylic acid groups (broad SMARTS) is 1. The van der Waals surface area contributed by atoms with E-state index in [2.05, 4.69) is 0 Å². The molecule has 0 saturated heterocycles. The smallest absolute Gasteiger partial charge is 0.317 e. The second-order valence-corrected chi connectivity index (χ2v) is 4.65. The Morgan fingerprint density at radius 1 is 1.29 bits per heavy atom. The first kappa shape index (κ1) is 11.1. The summed E-state index contributed by atoms with van der Waals surface area (Å²) in [7, 11) is 0. The van der Waals surface area contributed by atoms with Gasteiger partial charge in [0.25, 0.3) is 0 Å². The fourth-order valence-corrected chi connectivity index (χ4v) is 2.10. The Morgan fingerprint density at radius 3 is 2.29 bits per heavy atom. The molecular formula is C11H14O2S. The Bertz CT molecular complexity index is 295. The van der Waals surface area contributed by atoms with Crippen molar-refractivity contribution in [3.8, 4) is 0 Å². The van der Waals surface area contributed by atoms with E-state index in [1.54, 1.807) is 0 Å². The van der Waals surface area contributed by atoms with Gasteiger partial charge in [0, 0.05) is 4.90 Å². The third-order valence-corrected chi connectivity index (χ3v) is 3.40. The van der Waals surface area contributed by atoms with Crippen molar-refractivity contribution >= 4 is 17.7 Å². The van der Waals surface area contributed by atoms with Crippen LogP contribution in [0.5, 0.6) is 0 Å². The van der Waals surface area contributed by atoms with Crippen LogP contribution in [0, 0.1) is 5.92 Å². The van der Waals surface area contributed by atoms with Gasteiger partial charge in [0.2, 0.25) is 0 Å². The second-order valence-electron chi connectivity index (χ2n) is 3.43. The second kappa shape index (κ2) is 5.05. The molecular weight excluding hydrogens is 196 g/mol. The maximum absolute atomic E-state index is 10.9. The first-order chi connectivity index (χ1) is 6.61. The molecule has 0 aliphatic carbocycles. The van der Waals surface area contributed by atoms with Crippen molar-refractivity contribution < 1.29 is 9.90 Å². The lowest BCUT2D eigenvalue weighted by molar-refractivity contribution is -0.137. The van der Waals surface area contributed by atoms with Crippen LogP contribution in [0.3, 0.4) is 0 Å². The summed E-state index contributed by atoms with van der Waals surface area (Å²) in [6.45, 7) is 3.85. The van der Waals surface area contributed by atoms with Gasteiger partial charge in [-0.2, -0.15) is 0 Å². The molecule has 0 aliphatic rings. The minimum absolute atomic E-state index is 0.137. The quantitative estimate of drug-likeness (QED) is 0.776. The van der Waals surface area contributed by atoms with E-state index in [1.807, 2.05) is 44.2 Å². The van der Waals surface area contributed by atoms with Gasteiger partial charge in [-0.25, -0.2) is 0 Å². The summed E-state index contributed by atoms with van der Waals surface area (Å²) >= 11 is 1.41. The zero-order chi connectivity index (χ0) is 10.6. The third kappa shape index (κ3) is 3.07. The van der Waals surface area contributed by atoms with E-state index in [0.717, 1.165) is 4.90 Å². The first-order valence-electron chi connectivity index (χ1n) is 4.55. The van der Waals surface area contributed by atoms with Gasteiger partial charge in [0.1, 0.15) is 5.25 Å². The molecule has 0 unspecified atom stereocenters. The van der Waals surface area contributed by atoms with Crippen LogP contribution in [0.1, 0.15) is 13.8 Å². The van der Waals surface area contributed by atoms with Gasteiger partial charge in [-0.15, -0.1) is 11.8 Å². The topological polar surface area (TPSA) is 37.3 Å². The molecule has 0 saturated carbocycles. The van der Waals surface area contributed by atoms with Gasteiger partial charge >= 0.3 is 5.97 Å². The Labute approximate surface area is 88.3 Å². The fourth-order valence-electron chi connectivity index (χ4n) is 1.12. The highest BCUT2D eigenvalue weighted by atomic mass is 32.2. The number of hydrogen-bond donors (Lipinski definition) is 1. The Kier molecular flexibility index (Phi) is 4.01. The number of thioether (sulfide) groups is 1. The average molecular weight is 210 g/mol. The zero-order valence-electron chi connectivity index (χ0n) is 8.31. The Morgan fingerprint density at radius 2 is 1.86 bits per heavy atom. The van der Waals surface area contributed by atoms with Crippen molar-refractivity contribution in [2.45, 2.75) is 24.0 Å².